The van der Waals surface area contributed by atoms with Crippen molar-refractivity contribution in [2.75, 3.05) is 25.0 Å². The highest BCUT2D eigenvalue weighted by atomic mass is 79.9. The van der Waals surface area contributed by atoms with Gasteiger partial charge in [-0.05, 0) is 54.9 Å². The fraction of sp³-hybridized carbons (Fsp3) is 0.583. The van der Waals surface area contributed by atoms with E-state index in [1.165, 1.54) is 12.8 Å². The summed E-state index contributed by atoms with van der Waals surface area (Å²) in [6.07, 6.45) is 2.53. The molecule has 0 spiro atoms. The van der Waals surface area contributed by atoms with E-state index in [-0.39, 0.29) is 0 Å². The molecule has 3 nitrogen and oxygen atoms in total. The Labute approximate surface area is 105 Å². The summed E-state index contributed by atoms with van der Waals surface area (Å²) in [7, 11) is 2.01. The van der Waals surface area contributed by atoms with Gasteiger partial charge in [-0.25, -0.2) is 4.98 Å². The summed E-state index contributed by atoms with van der Waals surface area (Å²) in [6.45, 7) is 4.20. The lowest BCUT2D eigenvalue weighted by atomic mass is 10.2. The van der Waals surface area contributed by atoms with Gasteiger partial charge in [-0.1, -0.05) is 0 Å². The Kier molecular flexibility index (Phi) is 3.82. The van der Waals surface area contributed by atoms with Crippen molar-refractivity contribution >= 4 is 21.7 Å². The van der Waals surface area contributed by atoms with Crippen molar-refractivity contribution in [1.82, 2.24) is 10.3 Å². The standard InChI is InChI=1S/C12H18BrN3/c1-9-11(13)5-6-12(15-9)16-7-3-4-10(16)8-14-2/h5-6,10,14H,3-4,7-8H2,1-2H3. The fourth-order valence-electron chi connectivity index (χ4n) is 2.28. The normalized spacial score (nSPS) is 20.4. The zero-order chi connectivity index (χ0) is 11.5. The van der Waals surface area contributed by atoms with Crippen LogP contribution in [0.2, 0.25) is 0 Å². The molecule has 1 atom stereocenters. The number of pyridine rings is 1. The number of aromatic nitrogens is 1. The molecule has 1 saturated heterocycles. The van der Waals surface area contributed by atoms with E-state index < -0.39 is 0 Å². The second-order valence-electron chi connectivity index (χ2n) is 4.28. The topological polar surface area (TPSA) is 28.2 Å². The maximum absolute atomic E-state index is 4.64. The first-order valence-corrected chi connectivity index (χ1v) is 6.56. The highest BCUT2D eigenvalue weighted by molar-refractivity contribution is 9.10. The molecule has 16 heavy (non-hydrogen) atoms. The van der Waals surface area contributed by atoms with Crippen LogP contribution < -0.4 is 10.2 Å². The number of hydrogen-bond donors (Lipinski definition) is 1. The highest BCUT2D eigenvalue weighted by Gasteiger charge is 2.24. The Bertz CT molecular complexity index is 367. The largest absolute Gasteiger partial charge is 0.352 e. The Morgan fingerprint density at radius 2 is 2.38 bits per heavy atom. The zero-order valence-corrected chi connectivity index (χ0v) is 11.4. The summed E-state index contributed by atoms with van der Waals surface area (Å²) >= 11 is 3.49. The van der Waals surface area contributed by atoms with E-state index in [9.17, 15) is 0 Å². The molecule has 88 valence electrons. The van der Waals surface area contributed by atoms with Crippen molar-refractivity contribution < 1.29 is 0 Å². The van der Waals surface area contributed by atoms with E-state index in [1.54, 1.807) is 0 Å². The van der Waals surface area contributed by atoms with Crippen molar-refractivity contribution in [3.05, 3.63) is 22.3 Å². The first-order valence-electron chi connectivity index (χ1n) is 5.76. The van der Waals surface area contributed by atoms with Gasteiger partial charge >= 0.3 is 0 Å². The van der Waals surface area contributed by atoms with Crippen LogP contribution in [0.1, 0.15) is 18.5 Å². The molecule has 1 aliphatic heterocycles. The van der Waals surface area contributed by atoms with Crippen molar-refractivity contribution in [3.8, 4) is 0 Å². The molecular formula is C12H18BrN3. The Balaban J connectivity index is 2.19. The highest BCUT2D eigenvalue weighted by Crippen LogP contribution is 2.25. The Morgan fingerprint density at radius 3 is 3.06 bits per heavy atom. The quantitative estimate of drug-likeness (QED) is 0.923. The van der Waals surface area contributed by atoms with Gasteiger partial charge < -0.3 is 10.2 Å². The molecule has 1 fully saturated rings. The van der Waals surface area contributed by atoms with Crippen molar-refractivity contribution in [2.24, 2.45) is 0 Å². The number of nitrogens with zero attached hydrogens (tertiary/aromatic N) is 2. The lowest BCUT2D eigenvalue weighted by Crippen LogP contribution is -2.37. The third kappa shape index (κ3) is 2.38. The van der Waals surface area contributed by atoms with E-state index in [0.717, 1.165) is 29.1 Å². The Morgan fingerprint density at radius 1 is 1.56 bits per heavy atom. The third-order valence-corrected chi connectivity index (χ3v) is 3.96. The second-order valence-corrected chi connectivity index (χ2v) is 5.14. The fourth-order valence-corrected chi connectivity index (χ4v) is 2.50. The average molecular weight is 284 g/mol. The molecule has 1 aromatic rings. The van der Waals surface area contributed by atoms with Crippen LogP contribution in [0.15, 0.2) is 16.6 Å². The van der Waals surface area contributed by atoms with E-state index in [0.29, 0.717) is 6.04 Å². The van der Waals surface area contributed by atoms with E-state index in [1.807, 2.05) is 14.0 Å². The minimum Gasteiger partial charge on any atom is -0.352 e. The van der Waals surface area contributed by atoms with Crippen LogP contribution in [0.3, 0.4) is 0 Å². The summed E-state index contributed by atoms with van der Waals surface area (Å²) in [5, 5.41) is 3.26. The van der Waals surface area contributed by atoms with E-state index in [2.05, 4.69) is 43.3 Å². The first kappa shape index (κ1) is 11.9. The molecule has 0 radical (unpaired) electrons. The van der Waals surface area contributed by atoms with Crippen molar-refractivity contribution in [1.29, 1.82) is 0 Å². The van der Waals surface area contributed by atoms with Crippen LogP contribution >= 0.6 is 15.9 Å². The molecule has 1 aromatic heterocycles. The van der Waals surface area contributed by atoms with Gasteiger partial charge in [0.25, 0.3) is 0 Å². The van der Waals surface area contributed by atoms with Gasteiger partial charge in [0.15, 0.2) is 0 Å². The maximum Gasteiger partial charge on any atom is 0.129 e. The number of aryl methyl sites for hydroxylation is 1. The smallest absolute Gasteiger partial charge is 0.129 e. The second kappa shape index (κ2) is 5.15. The van der Waals surface area contributed by atoms with Gasteiger partial charge in [-0.2, -0.15) is 0 Å². The summed E-state index contributed by atoms with van der Waals surface area (Å²) in [4.78, 5) is 7.05. The predicted molar refractivity (Wildman–Crippen MR) is 71.0 cm³/mol. The van der Waals surface area contributed by atoms with Gasteiger partial charge in [0, 0.05) is 23.6 Å². The summed E-state index contributed by atoms with van der Waals surface area (Å²) in [5.74, 6) is 1.11. The van der Waals surface area contributed by atoms with Crippen LogP contribution in [0, 0.1) is 6.92 Å². The van der Waals surface area contributed by atoms with E-state index in [4.69, 9.17) is 0 Å². The molecule has 1 aliphatic rings. The number of hydrogen-bond acceptors (Lipinski definition) is 3. The molecule has 1 N–H and O–H groups in total. The van der Waals surface area contributed by atoms with Crippen molar-refractivity contribution in [3.63, 3.8) is 0 Å². The SMILES string of the molecule is CNCC1CCCN1c1ccc(Br)c(C)n1. The van der Waals surface area contributed by atoms with Crippen LogP contribution in [0.25, 0.3) is 0 Å². The summed E-state index contributed by atoms with van der Waals surface area (Å²) in [5.41, 5.74) is 1.06. The number of likely N-dealkylation sites (N-methyl/N-ethyl adjacent to an activating group) is 1. The minimum absolute atomic E-state index is 0.595. The lowest BCUT2D eigenvalue weighted by molar-refractivity contribution is 0.611. The molecule has 0 aromatic carbocycles. The lowest BCUT2D eigenvalue weighted by Gasteiger charge is -2.25. The van der Waals surface area contributed by atoms with Crippen LogP contribution in [0.4, 0.5) is 5.82 Å². The van der Waals surface area contributed by atoms with Crippen LogP contribution in [-0.2, 0) is 0 Å². The Hall–Kier alpha value is -0.610. The first-order chi connectivity index (χ1) is 7.72. The van der Waals surface area contributed by atoms with E-state index >= 15 is 0 Å². The minimum atomic E-state index is 0.595. The molecule has 0 aliphatic carbocycles. The van der Waals surface area contributed by atoms with Crippen LogP contribution in [-0.4, -0.2) is 31.2 Å². The van der Waals surface area contributed by atoms with Gasteiger partial charge in [-0.3, -0.25) is 0 Å². The molecule has 2 heterocycles. The van der Waals surface area contributed by atoms with Gasteiger partial charge in [0.05, 0.1) is 5.69 Å². The number of halogens is 1. The molecule has 4 heteroatoms. The van der Waals surface area contributed by atoms with Crippen LogP contribution in [0.5, 0.6) is 0 Å². The molecule has 2 rings (SSSR count). The maximum atomic E-state index is 4.64. The van der Waals surface area contributed by atoms with Gasteiger partial charge in [0.1, 0.15) is 5.82 Å². The number of rotatable bonds is 3. The number of nitrogens with one attached hydrogen (secondary N) is 1. The summed E-state index contributed by atoms with van der Waals surface area (Å²) < 4.78 is 1.08. The number of anilines is 1. The molecule has 0 amide bonds. The van der Waals surface area contributed by atoms with Gasteiger partial charge in [-0.15, -0.1) is 0 Å². The molecule has 1 unspecified atom stereocenters. The molecular weight excluding hydrogens is 266 g/mol. The van der Waals surface area contributed by atoms with Gasteiger partial charge in [0.2, 0.25) is 0 Å². The monoisotopic (exact) mass is 283 g/mol. The molecule has 0 saturated carbocycles. The zero-order valence-electron chi connectivity index (χ0n) is 9.83. The summed E-state index contributed by atoms with van der Waals surface area (Å²) in [6, 6.07) is 4.79. The predicted octanol–water partition coefficient (Wildman–Crippen LogP) is 2.34. The molecule has 0 bridgehead atoms. The van der Waals surface area contributed by atoms with Crippen molar-refractivity contribution in [2.45, 2.75) is 25.8 Å². The third-order valence-electron chi connectivity index (χ3n) is 3.12. The average Bonchev–Trinajstić information content (AvgIpc) is 2.71.